The van der Waals surface area contributed by atoms with E-state index in [4.69, 9.17) is 0 Å². The summed E-state index contributed by atoms with van der Waals surface area (Å²) in [6, 6.07) is 0. The van der Waals surface area contributed by atoms with Crippen molar-refractivity contribution in [1.29, 1.82) is 0 Å². The zero-order valence-corrected chi connectivity index (χ0v) is 9.65. The first-order valence-electron chi connectivity index (χ1n) is 5.89. The molecule has 16 heavy (non-hydrogen) atoms. The van der Waals surface area contributed by atoms with Gasteiger partial charge in [0, 0.05) is 6.54 Å². The lowest BCUT2D eigenvalue weighted by Gasteiger charge is -2.26. The van der Waals surface area contributed by atoms with Gasteiger partial charge in [0.1, 0.15) is 0 Å². The average Bonchev–Trinajstić information content (AvgIpc) is 2.15. The maximum atomic E-state index is 11.6. The molecule has 0 spiro atoms. The van der Waals surface area contributed by atoms with E-state index in [2.05, 4.69) is 17.0 Å². The smallest absolute Gasteiger partial charge is 0.314 e. The van der Waals surface area contributed by atoms with Crippen LogP contribution in [0.3, 0.4) is 0 Å². The Balaban J connectivity index is 1.98. The Morgan fingerprint density at radius 3 is 2.69 bits per heavy atom. The topological polar surface area (TPSA) is 21.3 Å². The van der Waals surface area contributed by atoms with Crippen molar-refractivity contribution in [2.45, 2.75) is 39.0 Å². The second-order valence-corrected chi connectivity index (χ2v) is 4.64. The normalized spacial score (nSPS) is 27.0. The lowest BCUT2D eigenvalue weighted by Crippen LogP contribution is -2.30. The van der Waals surface area contributed by atoms with Crippen molar-refractivity contribution in [3.8, 4) is 0 Å². The van der Waals surface area contributed by atoms with Gasteiger partial charge in [0.15, 0.2) is 0 Å². The van der Waals surface area contributed by atoms with Crippen molar-refractivity contribution in [3.63, 3.8) is 0 Å². The number of alkyl halides is 3. The van der Waals surface area contributed by atoms with Crippen LogP contribution in [0.25, 0.3) is 0 Å². The summed E-state index contributed by atoms with van der Waals surface area (Å²) in [7, 11) is 0. The van der Waals surface area contributed by atoms with Crippen molar-refractivity contribution in [1.82, 2.24) is 5.32 Å². The zero-order valence-electron chi connectivity index (χ0n) is 9.65. The quantitative estimate of drug-likeness (QED) is 0.745. The van der Waals surface area contributed by atoms with Crippen molar-refractivity contribution < 1.29 is 17.9 Å². The fourth-order valence-corrected chi connectivity index (χ4v) is 2.29. The van der Waals surface area contributed by atoms with E-state index in [1.165, 1.54) is 25.7 Å². The van der Waals surface area contributed by atoms with E-state index in [-0.39, 0.29) is 13.2 Å². The van der Waals surface area contributed by atoms with Gasteiger partial charge in [0.2, 0.25) is 0 Å². The SMILES string of the molecule is CC1CCCC(CNCCOC(F)(F)F)C1. The van der Waals surface area contributed by atoms with Gasteiger partial charge in [-0.05, 0) is 31.2 Å². The van der Waals surface area contributed by atoms with Crippen LogP contribution >= 0.6 is 0 Å². The molecule has 96 valence electrons. The molecule has 2 nitrogen and oxygen atoms in total. The number of nitrogens with one attached hydrogen (secondary N) is 1. The molecule has 0 saturated heterocycles. The van der Waals surface area contributed by atoms with Crippen LogP contribution in [0.15, 0.2) is 0 Å². The van der Waals surface area contributed by atoms with Gasteiger partial charge in [-0.3, -0.25) is 4.74 Å². The Hall–Kier alpha value is -0.290. The minimum atomic E-state index is -4.50. The van der Waals surface area contributed by atoms with Gasteiger partial charge in [0.05, 0.1) is 6.61 Å². The first kappa shape index (κ1) is 13.8. The first-order valence-corrected chi connectivity index (χ1v) is 5.89. The molecule has 2 atom stereocenters. The van der Waals surface area contributed by atoms with Crippen molar-refractivity contribution in [2.75, 3.05) is 19.7 Å². The molecule has 1 rings (SSSR count). The third kappa shape index (κ3) is 6.33. The lowest BCUT2D eigenvalue weighted by atomic mass is 9.82. The molecule has 1 saturated carbocycles. The van der Waals surface area contributed by atoms with Crippen LogP contribution < -0.4 is 5.32 Å². The van der Waals surface area contributed by atoms with Crippen LogP contribution in [-0.4, -0.2) is 26.1 Å². The molecule has 0 radical (unpaired) electrons. The largest absolute Gasteiger partial charge is 0.522 e. The molecule has 1 aliphatic rings. The molecule has 1 aliphatic carbocycles. The molecule has 0 aromatic heterocycles. The van der Waals surface area contributed by atoms with Gasteiger partial charge in [-0.15, -0.1) is 13.2 Å². The van der Waals surface area contributed by atoms with Gasteiger partial charge in [-0.2, -0.15) is 0 Å². The van der Waals surface area contributed by atoms with Crippen molar-refractivity contribution in [2.24, 2.45) is 11.8 Å². The zero-order chi connectivity index (χ0) is 12.0. The second-order valence-electron chi connectivity index (χ2n) is 4.64. The highest BCUT2D eigenvalue weighted by Crippen LogP contribution is 2.27. The number of halogens is 3. The summed E-state index contributed by atoms with van der Waals surface area (Å²) in [6.45, 7) is 3.01. The molecule has 0 bridgehead atoms. The van der Waals surface area contributed by atoms with Crippen molar-refractivity contribution >= 4 is 0 Å². The molecular weight excluding hydrogens is 219 g/mol. The Morgan fingerprint density at radius 2 is 2.06 bits per heavy atom. The number of ether oxygens (including phenoxy) is 1. The van der Waals surface area contributed by atoms with E-state index in [0.29, 0.717) is 5.92 Å². The standard InChI is InChI=1S/C11H20F3NO/c1-9-3-2-4-10(7-9)8-15-5-6-16-11(12,13)14/h9-10,15H,2-8H2,1H3. The third-order valence-electron chi connectivity index (χ3n) is 3.02. The van der Waals surface area contributed by atoms with Crippen LogP contribution in [0.2, 0.25) is 0 Å². The maximum Gasteiger partial charge on any atom is 0.522 e. The highest BCUT2D eigenvalue weighted by molar-refractivity contribution is 4.72. The van der Waals surface area contributed by atoms with Crippen LogP contribution in [0, 0.1) is 11.8 Å². The highest BCUT2D eigenvalue weighted by Gasteiger charge is 2.28. The van der Waals surface area contributed by atoms with Gasteiger partial charge in [-0.25, -0.2) is 0 Å². The van der Waals surface area contributed by atoms with Gasteiger partial charge in [0.25, 0.3) is 0 Å². The summed E-state index contributed by atoms with van der Waals surface area (Å²) in [4.78, 5) is 0. The van der Waals surface area contributed by atoms with E-state index in [0.717, 1.165) is 12.5 Å². The van der Waals surface area contributed by atoms with Gasteiger partial charge in [-0.1, -0.05) is 19.8 Å². The predicted octanol–water partition coefficient (Wildman–Crippen LogP) is 2.94. The summed E-state index contributed by atoms with van der Waals surface area (Å²) in [6.07, 6.45) is 0.409. The summed E-state index contributed by atoms with van der Waals surface area (Å²) in [5, 5.41) is 3.02. The highest BCUT2D eigenvalue weighted by atomic mass is 19.4. The third-order valence-corrected chi connectivity index (χ3v) is 3.02. The molecule has 0 amide bonds. The monoisotopic (exact) mass is 239 g/mol. The Kier molecular flexibility index (Phi) is 5.55. The fraction of sp³-hybridized carbons (Fsp3) is 1.00. The summed E-state index contributed by atoms with van der Waals surface area (Å²) >= 11 is 0. The molecule has 1 N–H and O–H groups in total. The van der Waals surface area contributed by atoms with Crippen molar-refractivity contribution in [3.05, 3.63) is 0 Å². The summed E-state index contributed by atoms with van der Waals surface area (Å²) in [5.41, 5.74) is 0. The Labute approximate surface area is 94.5 Å². The second kappa shape index (κ2) is 6.45. The minimum absolute atomic E-state index is 0.268. The molecule has 0 heterocycles. The number of hydrogen-bond donors (Lipinski definition) is 1. The molecule has 5 heteroatoms. The minimum Gasteiger partial charge on any atom is -0.314 e. The van der Waals surface area contributed by atoms with Gasteiger partial charge >= 0.3 is 6.36 Å². The van der Waals surface area contributed by atoms with Crippen LogP contribution in [0.5, 0.6) is 0 Å². The molecule has 1 fully saturated rings. The van der Waals surface area contributed by atoms with Crippen LogP contribution in [-0.2, 0) is 4.74 Å². The van der Waals surface area contributed by atoms with Gasteiger partial charge < -0.3 is 5.32 Å². The Morgan fingerprint density at radius 1 is 1.31 bits per heavy atom. The predicted molar refractivity (Wildman–Crippen MR) is 56.0 cm³/mol. The summed E-state index contributed by atoms with van der Waals surface area (Å²) in [5.74, 6) is 1.38. The van der Waals surface area contributed by atoms with E-state index in [1.807, 2.05) is 0 Å². The molecule has 0 aromatic carbocycles. The van der Waals surface area contributed by atoms with E-state index < -0.39 is 6.36 Å². The van der Waals surface area contributed by atoms with Crippen LogP contribution in [0.4, 0.5) is 13.2 Å². The molecular formula is C11H20F3NO. The first-order chi connectivity index (χ1) is 7.47. The van der Waals surface area contributed by atoms with E-state index in [9.17, 15) is 13.2 Å². The van der Waals surface area contributed by atoms with E-state index >= 15 is 0 Å². The fourth-order valence-electron chi connectivity index (χ4n) is 2.29. The Bertz CT molecular complexity index is 196. The molecule has 0 aromatic rings. The van der Waals surface area contributed by atoms with E-state index in [1.54, 1.807) is 0 Å². The number of rotatable bonds is 5. The summed E-state index contributed by atoms with van der Waals surface area (Å²) < 4.78 is 38.6. The number of hydrogen-bond acceptors (Lipinski definition) is 2. The molecule has 0 aliphatic heterocycles. The average molecular weight is 239 g/mol. The molecule has 2 unspecified atom stereocenters. The maximum absolute atomic E-state index is 11.6. The lowest BCUT2D eigenvalue weighted by molar-refractivity contribution is -0.323. The van der Waals surface area contributed by atoms with Crippen LogP contribution in [0.1, 0.15) is 32.6 Å².